The topological polar surface area (TPSA) is 74.6 Å². The quantitative estimate of drug-likeness (QED) is 0.582. The van der Waals surface area contributed by atoms with Gasteiger partial charge in [-0.25, -0.2) is 0 Å². The molecule has 0 aliphatic carbocycles. The lowest BCUT2D eigenvalue weighted by Crippen LogP contribution is -1.93. The Morgan fingerprint density at radius 3 is 1.13 bits per heavy atom. The van der Waals surface area contributed by atoms with Crippen LogP contribution < -0.4 is 0 Å². The van der Waals surface area contributed by atoms with E-state index >= 15 is 0 Å². The Hall–Kier alpha value is -0.360. The van der Waals surface area contributed by atoms with E-state index in [4.69, 9.17) is 10.2 Å². The molecule has 4 nitrogen and oxygen atoms in total. The zero-order chi connectivity index (χ0) is 12.7. The largest absolute Gasteiger partial charge is 0.481 e. The van der Waals surface area contributed by atoms with Gasteiger partial charge in [0.25, 0.3) is 0 Å². The Morgan fingerprint density at radius 2 is 1.13 bits per heavy atom. The van der Waals surface area contributed by atoms with E-state index in [0.29, 0.717) is 11.5 Å². The molecule has 0 spiro atoms. The summed E-state index contributed by atoms with van der Waals surface area (Å²) in [7, 11) is 0. The van der Waals surface area contributed by atoms with Gasteiger partial charge in [-0.3, -0.25) is 9.59 Å². The molecule has 6 heteroatoms. The van der Waals surface area contributed by atoms with Crippen molar-refractivity contribution in [3.63, 3.8) is 0 Å². The standard InChI is InChI=1S/2C3H6O2S.C3H8/c2*4-3(5)1-2-6;1-3-2/h2*6H,1-2H2,(H,4,5);3H2,1-2H3. The molecule has 0 amide bonds. The van der Waals surface area contributed by atoms with Gasteiger partial charge in [0.05, 0.1) is 12.8 Å². The summed E-state index contributed by atoms with van der Waals surface area (Å²) in [6.07, 6.45) is 1.56. The highest BCUT2D eigenvalue weighted by Gasteiger charge is 1.88. The van der Waals surface area contributed by atoms with Gasteiger partial charge >= 0.3 is 11.9 Å². The predicted octanol–water partition coefficient (Wildman–Crippen LogP) is 2.20. The summed E-state index contributed by atoms with van der Waals surface area (Å²) in [6.45, 7) is 4.25. The van der Waals surface area contributed by atoms with E-state index in [2.05, 4.69) is 39.1 Å². The Labute approximate surface area is 102 Å². The van der Waals surface area contributed by atoms with Crippen LogP contribution in [0.4, 0.5) is 0 Å². The van der Waals surface area contributed by atoms with Gasteiger partial charge in [-0.15, -0.1) is 0 Å². The van der Waals surface area contributed by atoms with Crippen LogP contribution in [0.5, 0.6) is 0 Å². The fourth-order valence-corrected chi connectivity index (χ4v) is 0.574. The lowest BCUT2D eigenvalue weighted by Gasteiger charge is -1.79. The van der Waals surface area contributed by atoms with Crippen LogP contribution in [-0.2, 0) is 9.59 Å². The summed E-state index contributed by atoms with van der Waals surface area (Å²) in [5, 5.41) is 15.7. The van der Waals surface area contributed by atoms with Crippen molar-refractivity contribution in [3.05, 3.63) is 0 Å². The molecule has 2 N–H and O–H groups in total. The average Bonchev–Trinajstić information content (AvgIpc) is 2.05. The van der Waals surface area contributed by atoms with Gasteiger partial charge < -0.3 is 10.2 Å². The second kappa shape index (κ2) is 19.2. The number of hydrogen-bond donors (Lipinski definition) is 4. The monoisotopic (exact) mass is 256 g/mol. The first kappa shape index (κ1) is 20.1. The lowest BCUT2D eigenvalue weighted by atomic mass is 10.5. The van der Waals surface area contributed by atoms with Crippen LogP contribution in [0, 0.1) is 0 Å². The number of aliphatic carboxylic acids is 2. The maximum absolute atomic E-state index is 9.55. The molecule has 0 aliphatic rings. The van der Waals surface area contributed by atoms with Crippen LogP contribution in [-0.4, -0.2) is 33.7 Å². The number of hydrogen-bond acceptors (Lipinski definition) is 4. The lowest BCUT2D eigenvalue weighted by molar-refractivity contribution is -0.137. The number of carboxylic acids is 2. The third kappa shape index (κ3) is 58.1. The van der Waals surface area contributed by atoms with Crippen LogP contribution in [0.25, 0.3) is 0 Å². The van der Waals surface area contributed by atoms with Crippen molar-refractivity contribution in [2.45, 2.75) is 33.1 Å². The predicted molar refractivity (Wildman–Crippen MR) is 68.2 cm³/mol. The van der Waals surface area contributed by atoms with Crippen molar-refractivity contribution < 1.29 is 19.8 Å². The van der Waals surface area contributed by atoms with E-state index in [9.17, 15) is 9.59 Å². The van der Waals surface area contributed by atoms with E-state index in [-0.39, 0.29) is 12.8 Å². The Morgan fingerprint density at radius 1 is 0.933 bits per heavy atom. The van der Waals surface area contributed by atoms with Crippen molar-refractivity contribution in [3.8, 4) is 0 Å². The van der Waals surface area contributed by atoms with Crippen molar-refractivity contribution >= 4 is 37.2 Å². The summed E-state index contributed by atoms with van der Waals surface area (Å²) in [4.78, 5) is 19.1. The summed E-state index contributed by atoms with van der Waals surface area (Å²) < 4.78 is 0. The van der Waals surface area contributed by atoms with E-state index in [1.54, 1.807) is 0 Å². The number of carboxylic acid groups (broad SMARTS) is 2. The fourth-order valence-electron chi connectivity index (χ4n) is 0.191. The van der Waals surface area contributed by atoms with Gasteiger partial charge in [0.15, 0.2) is 0 Å². The zero-order valence-corrected chi connectivity index (χ0v) is 10.9. The molecule has 0 saturated heterocycles. The normalized spacial score (nSPS) is 7.73. The van der Waals surface area contributed by atoms with E-state index in [1.165, 1.54) is 6.42 Å². The highest BCUT2D eigenvalue weighted by Crippen LogP contribution is 1.80. The molecular weight excluding hydrogens is 236 g/mol. The van der Waals surface area contributed by atoms with Gasteiger partial charge in [-0.1, -0.05) is 20.3 Å². The molecule has 0 aromatic rings. The van der Waals surface area contributed by atoms with Crippen LogP contribution in [0.2, 0.25) is 0 Å². The van der Waals surface area contributed by atoms with Crippen molar-refractivity contribution in [2.24, 2.45) is 0 Å². The second-order valence-electron chi connectivity index (χ2n) is 2.44. The maximum atomic E-state index is 9.55. The minimum atomic E-state index is -0.787. The highest BCUT2D eigenvalue weighted by molar-refractivity contribution is 7.80. The molecule has 0 aromatic heterocycles. The first-order valence-corrected chi connectivity index (χ1v) is 5.87. The van der Waals surface area contributed by atoms with Gasteiger partial charge in [0.2, 0.25) is 0 Å². The molecule has 0 saturated carbocycles. The molecule has 0 aromatic carbocycles. The number of thiol groups is 2. The molecule has 92 valence electrons. The summed E-state index contributed by atoms with van der Waals surface area (Å²) in [6, 6.07) is 0. The van der Waals surface area contributed by atoms with Crippen molar-refractivity contribution in [1.29, 1.82) is 0 Å². The van der Waals surface area contributed by atoms with Gasteiger partial charge in [-0.2, -0.15) is 25.3 Å². The molecule has 0 rings (SSSR count). The zero-order valence-electron chi connectivity index (χ0n) is 9.14. The molecule has 0 radical (unpaired) electrons. The number of carbonyl (C=O) groups is 2. The van der Waals surface area contributed by atoms with Crippen molar-refractivity contribution in [1.82, 2.24) is 0 Å². The Kier molecular flexibility index (Phi) is 25.8. The van der Waals surface area contributed by atoms with Gasteiger partial charge in [-0.05, 0) is 0 Å². The van der Waals surface area contributed by atoms with Gasteiger partial charge in [0, 0.05) is 11.5 Å². The van der Waals surface area contributed by atoms with Crippen LogP contribution in [0.3, 0.4) is 0 Å². The summed E-state index contributed by atoms with van der Waals surface area (Å²) in [5.74, 6) is -0.722. The second-order valence-corrected chi connectivity index (χ2v) is 3.34. The van der Waals surface area contributed by atoms with Crippen molar-refractivity contribution in [2.75, 3.05) is 11.5 Å². The Balaban J connectivity index is -0.000000153. The molecule has 0 bridgehead atoms. The summed E-state index contributed by atoms with van der Waals surface area (Å²) in [5.41, 5.74) is 0. The molecule has 15 heavy (non-hydrogen) atoms. The van der Waals surface area contributed by atoms with E-state index in [1.807, 2.05) is 0 Å². The highest BCUT2D eigenvalue weighted by atomic mass is 32.1. The average molecular weight is 256 g/mol. The third-order valence-electron chi connectivity index (χ3n) is 0.651. The molecule has 0 heterocycles. The Bertz CT molecular complexity index is 135. The molecule has 0 atom stereocenters. The van der Waals surface area contributed by atoms with Crippen LogP contribution in [0.15, 0.2) is 0 Å². The molecule has 0 aliphatic heterocycles. The molecule has 0 unspecified atom stereocenters. The number of rotatable bonds is 4. The first-order chi connectivity index (χ1) is 6.95. The first-order valence-electron chi connectivity index (χ1n) is 4.61. The summed E-state index contributed by atoms with van der Waals surface area (Å²) >= 11 is 7.36. The van der Waals surface area contributed by atoms with E-state index < -0.39 is 11.9 Å². The molecule has 0 fully saturated rings. The third-order valence-corrected chi connectivity index (χ3v) is 1.10. The minimum absolute atomic E-state index is 0.156. The fraction of sp³-hybridized carbons (Fsp3) is 0.778. The minimum Gasteiger partial charge on any atom is -0.481 e. The van der Waals surface area contributed by atoms with E-state index in [0.717, 1.165) is 0 Å². The molecular formula is C9H20O4S2. The SMILES string of the molecule is CCC.O=C(O)CCS.O=C(O)CCS. The smallest absolute Gasteiger partial charge is 0.304 e. The van der Waals surface area contributed by atoms with Crippen LogP contribution >= 0.6 is 25.3 Å². The van der Waals surface area contributed by atoms with Gasteiger partial charge in [0.1, 0.15) is 0 Å². The maximum Gasteiger partial charge on any atom is 0.304 e. The van der Waals surface area contributed by atoms with Crippen LogP contribution in [0.1, 0.15) is 33.1 Å².